The van der Waals surface area contributed by atoms with E-state index in [4.69, 9.17) is 0 Å². The van der Waals surface area contributed by atoms with E-state index in [0.29, 0.717) is 0 Å². The lowest BCUT2D eigenvalue weighted by Gasteiger charge is -2.36. The Labute approximate surface area is 139 Å². The van der Waals surface area contributed by atoms with Gasteiger partial charge >= 0.3 is 0 Å². The van der Waals surface area contributed by atoms with E-state index < -0.39 is 0 Å². The van der Waals surface area contributed by atoms with Crippen LogP contribution in [0.1, 0.15) is 5.69 Å². The van der Waals surface area contributed by atoms with Crippen LogP contribution in [0, 0.1) is 6.92 Å². The van der Waals surface area contributed by atoms with E-state index in [1.54, 1.807) is 0 Å². The molecule has 1 aliphatic heterocycles. The number of para-hydroxylation sites is 1. The minimum atomic E-state index is 1.05. The van der Waals surface area contributed by atoms with Crippen LogP contribution in [0.5, 0.6) is 0 Å². The highest BCUT2D eigenvalue weighted by molar-refractivity contribution is 5.47. The zero-order chi connectivity index (χ0) is 16.1. The van der Waals surface area contributed by atoms with E-state index in [-0.39, 0.29) is 0 Å². The average molecular weight is 310 g/mol. The van der Waals surface area contributed by atoms with Crippen molar-refractivity contribution in [3.05, 3.63) is 54.4 Å². The summed E-state index contributed by atoms with van der Waals surface area (Å²) < 4.78 is 0. The first-order valence-corrected chi connectivity index (χ1v) is 8.38. The first kappa shape index (κ1) is 15.8. The van der Waals surface area contributed by atoms with Crippen LogP contribution in [-0.4, -0.2) is 56.2 Å². The van der Waals surface area contributed by atoms with Gasteiger partial charge in [0.05, 0.1) is 0 Å². The number of piperazine rings is 1. The summed E-state index contributed by atoms with van der Waals surface area (Å²) in [6, 6.07) is 15.0. The molecule has 0 aliphatic carbocycles. The van der Waals surface area contributed by atoms with Gasteiger partial charge in [0.15, 0.2) is 0 Å². The summed E-state index contributed by atoms with van der Waals surface area (Å²) in [6.45, 7) is 8.70. The molecule has 122 valence electrons. The van der Waals surface area contributed by atoms with Crippen molar-refractivity contribution < 1.29 is 0 Å². The number of anilines is 2. The maximum Gasteiger partial charge on any atom is 0.0397 e. The lowest BCUT2D eigenvalue weighted by Crippen LogP contribution is -2.48. The third-order valence-corrected chi connectivity index (χ3v) is 4.57. The third kappa shape index (κ3) is 4.23. The van der Waals surface area contributed by atoms with Crippen molar-refractivity contribution >= 4 is 11.4 Å². The normalized spacial score (nSPS) is 15.7. The van der Waals surface area contributed by atoms with Crippen LogP contribution >= 0.6 is 0 Å². The molecule has 0 saturated carbocycles. The van der Waals surface area contributed by atoms with Gasteiger partial charge in [-0.15, -0.1) is 0 Å². The molecule has 1 fully saturated rings. The summed E-state index contributed by atoms with van der Waals surface area (Å²) in [5.74, 6) is 0. The van der Waals surface area contributed by atoms with E-state index in [9.17, 15) is 0 Å². The van der Waals surface area contributed by atoms with Crippen LogP contribution in [0.25, 0.3) is 0 Å². The molecule has 1 aromatic carbocycles. The van der Waals surface area contributed by atoms with Gasteiger partial charge in [-0.2, -0.15) is 0 Å². The molecule has 4 nitrogen and oxygen atoms in total. The van der Waals surface area contributed by atoms with Crippen LogP contribution in [0.15, 0.2) is 48.7 Å². The van der Waals surface area contributed by atoms with Gasteiger partial charge in [0.2, 0.25) is 0 Å². The quantitative estimate of drug-likeness (QED) is 0.847. The number of aryl methyl sites for hydroxylation is 1. The predicted octanol–water partition coefficient (Wildman–Crippen LogP) is 2.65. The molecule has 3 rings (SSSR count). The van der Waals surface area contributed by atoms with E-state index >= 15 is 0 Å². The van der Waals surface area contributed by atoms with Crippen molar-refractivity contribution in [3.8, 4) is 0 Å². The van der Waals surface area contributed by atoms with Gasteiger partial charge in [-0.3, -0.25) is 9.88 Å². The number of rotatable bonds is 5. The molecule has 1 aliphatic rings. The predicted molar refractivity (Wildman–Crippen MR) is 97.3 cm³/mol. The largest absolute Gasteiger partial charge is 0.373 e. The highest BCUT2D eigenvalue weighted by atomic mass is 15.3. The molecule has 2 aromatic rings. The molecule has 4 heteroatoms. The first-order chi connectivity index (χ1) is 11.2. The van der Waals surface area contributed by atoms with E-state index in [0.717, 1.165) is 45.0 Å². The van der Waals surface area contributed by atoms with Gasteiger partial charge in [-0.05, 0) is 31.2 Å². The Bertz CT molecular complexity index is 606. The molecule has 2 heterocycles. The maximum atomic E-state index is 4.27. The molecule has 23 heavy (non-hydrogen) atoms. The number of likely N-dealkylation sites (N-methyl/N-ethyl adjacent to an activating group) is 1. The number of pyridine rings is 1. The van der Waals surface area contributed by atoms with Crippen LogP contribution in [-0.2, 0) is 0 Å². The van der Waals surface area contributed by atoms with Crippen LogP contribution in [0.2, 0.25) is 0 Å². The Balaban J connectivity index is 1.46. The summed E-state index contributed by atoms with van der Waals surface area (Å²) in [6.07, 6.45) is 1.89. The topological polar surface area (TPSA) is 22.6 Å². The summed E-state index contributed by atoms with van der Waals surface area (Å²) in [5.41, 5.74) is 3.67. The van der Waals surface area contributed by atoms with Gasteiger partial charge in [0.1, 0.15) is 0 Å². The van der Waals surface area contributed by atoms with Crippen LogP contribution in [0.4, 0.5) is 11.4 Å². The molecule has 0 bridgehead atoms. The fourth-order valence-electron chi connectivity index (χ4n) is 3.06. The lowest BCUT2D eigenvalue weighted by atomic mass is 10.2. The Morgan fingerprint density at radius 2 is 1.78 bits per heavy atom. The molecular formula is C19H26N4. The Hall–Kier alpha value is -2.07. The molecule has 0 atom stereocenters. The molecule has 1 saturated heterocycles. The minimum Gasteiger partial charge on any atom is -0.373 e. The molecular weight excluding hydrogens is 284 g/mol. The Morgan fingerprint density at radius 1 is 1.04 bits per heavy atom. The molecule has 0 radical (unpaired) electrons. The fourth-order valence-corrected chi connectivity index (χ4v) is 3.06. The molecule has 0 N–H and O–H groups in total. The summed E-state index contributed by atoms with van der Waals surface area (Å²) in [7, 11) is 2.16. The monoisotopic (exact) mass is 310 g/mol. The highest BCUT2D eigenvalue weighted by Crippen LogP contribution is 2.16. The third-order valence-electron chi connectivity index (χ3n) is 4.57. The maximum absolute atomic E-state index is 4.27. The second-order valence-corrected chi connectivity index (χ2v) is 6.24. The second-order valence-electron chi connectivity index (χ2n) is 6.24. The van der Waals surface area contributed by atoms with Crippen molar-refractivity contribution in [2.45, 2.75) is 6.92 Å². The Kier molecular flexibility index (Phi) is 5.13. The van der Waals surface area contributed by atoms with Gasteiger partial charge in [-0.1, -0.05) is 18.2 Å². The SMILES string of the molecule is Cc1cc(N(C)CCN2CCN(c3ccccc3)CC2)ccn1. The van der Waals surface area contributed by atoms with Gasteiger partial charge in [0.25, 0.3) is 0 Å². The van der Waals surface area contributed by atoms with Gasteiger partial charge in [0, 0.05) is 69.6 Å². The Morgan fingerprint density at radius 3 is 2.48 bits per heavy atom. The number of benzene rings is 1. The molecule has 0 unspecified atom stereocenters. The van der Waals surface area contributed by atoms with E-state index in [1.165, 1.54) is 11.4 Å². The zero-order valence-electron chi connectivity index (χ0n) is 14.2. The minimum absolute atomic E-state index is 1.05. The van der Waals surface area contributed by atoms with Gasteiger partial charge in [-0.25, -0.2) is 0 Å². The first-order valence-electron chi connectivity index (χ1n) is 8.38. The number of aromatic nitrogens is 1. The van der Waals surface area contributed by atoms with E-state index in [1.807, 2.05) is 13.1 Å². The smallest absolute Gasteiger partial charge is 0.0397 e. The average Bonchev–Trinajstić information content (AvgIpc) is 2.61. The zero-order valence-corrected chi connectivity index (χ0v) is 14.2. The molecule has 1 aromatic heterocycles. The second kappa shape index (κ2) is 7.47. The molecule has 0 amide bonds. The van der Waals surface area contributed by atoms with Crippen molar-refractivity contribution in [1.82, 2.24) is 9.88 Å². The molecule has 0 spiro atoms. The summed E-state index contributed by atoms with van der Waals surface area (Å²) in [4.78, 5) is 11.6. The van der Waals surface area contributed by atoms with Crippen molar-refractivity contribution in [3.63, 3.8) is 0 Å². The summed E-state index contributed by atoms with van der Waals surface area (Å²) >= 11 is 0. The fraction of sp³-hybridized carbons (Fsp3) is 0.421. The number of hydrogen-bond acceptors (Lipinski definition) is 4. The highest BCUT2D eigenvalue weighted by Gasteiger charge is 2.17. The van der Waals surface area contributed by atoms with Crippen LogP contribution < -0.4 is 9.80 Å². The van der Waals surface area contributed by atoms with Crippen molar-refractivity contribution in [2.75, 3.05) is 56.1 Å². The number of hydrogen-bond donors (Lipinski definition) is 0. The number of nitrogens with zero attached hydrogens (tertiary/aromatic N) is 4. The van der Waals surface area contributed by atoms with Gasteiger partial charge < -0.3 is 9.80 Å². The standard InChI is InChI=1S/C19H26N4/c1-17-16-19(8-9-20-17)21(2)10-11-22-12-14-23(15-13-22)18-6-4-3-5-7-18/h3-9,16H,10-15H2,1-2H3. The van der Waals surface area contributed by atoms with Crippen molar-refractivity contribution in [2.24, 2.45) is 0 Å². The van der Waals surface area contributed by atoms with E-state index in [2.05, 4.69) is 69.2 Å². The lowest BCUT2D eigenvalue weighted by molar-refractivity contribution is 0.263. The van der Waals surface area contributed by atoms with Crippen molar-refractivity contribution in [1.29, 1.82) is 0 Å². The summed E-state index contributed by atoms with van der Waals surface area (Å²) in [5, 5.41) is 0. The van der Waals surface area contributed by atoms with Crippen LogP contribution in [0.3, 0.4) is 0 Å².